The molecule has 20 aromatic rings. The average Bonchev–Trinajstić information content (AvgIpc) is 1.58. The monoisotopic (exact) mass is 1350 g/mol. The van der Waals surface area contributed by atoms with E-state index in [-0.39, 0.29) is 10.8 Å². The Morgan fingerprint density at radius 2 is 0.453 bits per heavy atom. The third-order valence-electron chi connectivity index (χ3n) is 23.5. The van der Waals surface area contributed by atoms with Crippen LogP contribution in [0.2, 0.25) is 0 Å². The van der Waals surface area contributed by atoms with Gasteiger partial charge >= 0.3 is 0 Å². The van der Waals surface area contributed by atoms with Crippen LogP contribution in [0.25, 0.3) is 177 Å². The van der Waals surface area contributed by atoms with Gasteiger partial charge in [0.05, 0.1) is 49.8 Å². The van der Waals surface area contributed by atoms with Crippen LogP contribution in [0.4, 0.5) is 0 Å². The summed E-state index contributed by atoms with van der Waals surface area (Å²) in [5.41, 5.74) is 35.1. The summed E-state index contributed by atoms with van der Waals surface area (Å²) < 4.78 is 9.74. The van der Waals surface area contributed by atoms with Gasteiger partial charge in [-0.05, 0) is 199 Å². The van der Waals surface area contributed by atoms with E-state index in [2.05, 4.69) is 410 Å². The van der Waals surface area contributed by atoms with Crippen molar-refractivity contribution in [3.05, 3.63) is 386 Å². The molecule has 16 aromatic carbocycles. The maximum Gasteiger partial charge on any atom is 0.0541 e. The van der Waals surface area contributed by atoms with Gasteiger partial charge in [0.1, 0.15) is 0 Å². The van der Waals surface area contributed by atoms with Crippen LogP contribution in [-0.2, 0) is 10.8 Å². The second-order valence-corrected chi connectivity index (χ2v) is 29.9. The minimum atomic E-state index is -0.0563. The molecule has 0 amide bonds. The maximum absolute atomic E-state index is 2.45. The quantitative estimate of drug-likeness (QED) is 0.144. The summed E-state index contributed by atoms with van der Waals surface area (Å²) in [5.74, 6) is 0. The summed E-state index contributed by atoms with van der Waals surface area (Å²) in [7, 11) is 0. The third-order valence-corrected chi connectivity index (χ3v) is 23.5. The molecule has 2 aliphatic carbocycles. The minimum Gasteiger partial charge on any atom is -0.309 e. The number of rotatable bonds is 8. The molecule has 0 N–H and O–H groups in total. The van der Waals surface area contributed by atoms with E-state index in [0.717, 1.165) is 5.69 Å². The fraction of sp³-hybridized carbons (Fsp3) is 0.0588. The fourth-order valence-corrected chi connectivity index (χ4v) is 18.3. The molecule has 4 nitrogen and oxygen atoms in total. The van der Waals surface area contributed by atoms with E-state index in [1.807, 2.05) is 0 Å². The first-order valence-corrected chi connectivity index (χ1v) is 37.0. The summed E-state index contributed by atoms with van der Waals surface area (Å²) >= 11 is 0. The van der Waals surface area contributed by atoms with Crippen molar-refractivity contribution in [2.75, 3.05) is 0 Å². The van der Waals surface area contributed by atoms with E-state index >= 15 is 0 Å². The lowest BCUT2D eigenvalue weighted by atomic mass is 9.82. The van der Waals surface area contributed by atoms with Gasteiger partial charge in [0.25, 0.3) is 0 Å². The lowest BCUT2D eigenvalue weighted by molar-refractivity contribution is 0.660. The second kappa shape index (κ2) is 23.6. The van der Waals surface area contributed by atoms with E-state index in [1.165, 1.54) is 193 Å². The smallest absolute Gasteiger partial charge is 0.0541 e. The van der Waals surface area contributed by atoms with Gasteiger partial charge in [-0.25, -0.2) is 0 Å². The van der Waals surface area contributed by atoms with E-state index in [4.69, 9.17) is 0 Å². The SMILES string of the molecule is CC1(C)c2ccccc2-c2ccc(-n3c4ccccc4c4cc(-c5ccc6c(c5)c5ccccc5n6-c5ccc(-c6ccccc6)cc5)ccc43)cc21.CC1(C)c2ccccc2-c2ccc(-n3c4ccccc4c4cc(-c5ccc6c(c5)c5ccccc5n6-c5ccccc5-c5ccccc5)ccc43)cc21. The average molecular weight is 1350 g/mol. The Morgan fingerprint density at radius 3 is 0.877 bits per heavy atom. The molecule has 4 heterocycles. The zero-order valence-corrected chi connectivity index (χ0v) is 59.4. The number of para-hydroxylation sites is 5. The molecule has 500 valence electrons. The largest absolute Gasteiger partial charge is 0.309 e. The molecule has 0 bridgehead atoms. The molecular weight excluding hydrogens is 1280 g/mol. The molecule has 0 spiro atoms. The normalized spacial score (nSPS) is 13.2. The first-order valence-electron chi connectivity index (χ1n) is 37.0. The fourth-order valence-electron chi connectivity index (χ4n) is 18.3. The molecule has 0 saturated carbocycles. The van der Waals surface area contributed by atoms with Gasteiger partial charge in [0, 0.05) is 76.5 Å². The van der Waals surface area contributed by atoms with Gasteiger partial charge in [0.15, 0.2) is 0 Å². The molecule has 0 aliphatic heterocycles. The van der Waals surface area contributed by atoms with Crippen molar-refractivity contribution in [2.24, 2.45) is 0 Å². The zero-order valence-electron chi connectivity index (χ0n) is 59.4. The van der Waals surface area contributed by atoms with Gasteiger partial charge in [-0.15, -0.1) is 0 Å². The topological polar surface area (TPSA) is 19.7 Å². The van der Waals surface area contributed by atoms with Gasteiger partial charge in [-0.2, -0.15) is 0 Å². The molecule has 22 rings (SSSR count). The van der Waals surface area contributed by atoms with E-state index < -0.39 is 0 Å². The summed E-state index contributed by atoms with van der Waals surface area (Å²) in [5, 5.41) is 10.1. The molecule has 2 aliphatic rings. The molecule has 106 heavy (non-hydrogen) atoms. The second-order valence-electron chi connectivity index (χ2n) is 29.9. The number of hydrogen-bond acceptors (Lipinski definition) is 0. The predicted octanol–water partition coefficient (Wildman–Crippen LogP) is 27.0. The molecule has 0 saturated heterocycles. The van der Waals surface area contributed by atoms with Crippen LogP contribution in [-0.4, -0.2) is 18.3 Å². The predicted molar refractivity (Wildman–Crippen MR) is 447 cm³/mol. The first kappa shape index (κ1) is 61.4. The van der Waals surface area contributed by atoms with Crippen molar-refractivity contribution < 1.29 is 0 Å². The van der Waals surface area contributed by atoms with E-state index in [0.29, 0.717) is 0 Å². The van der Waals surface area contributed by atoms with Crippen molar-refractivity contribution >= 4 is 87.2 Å². The highest BCUT2D eigenvalue weighted by Gasteiger charge is 2.37. The zero-order chi connectivity index (χ0) is 70.5. The highest BCUT2D eigenvalue weighted by molar-refractivity contribution is 6.15. The van der Waals surface area contributed by atoms with Crippen molar-refractivity contribution in [1.82, 2.24) is 18.3 Å². The van der Waals surface area contributed by atoms with Crippen molar-refractivity contribution in [3.8, 4) is 89.5 Å². The minimum absolute atomic E-state index is 0.0543. The Kier molecular flexibility index (Phi) is 13.7. The summed E-state index contributed by atoms with van der Waals surface area (Å²) in [6.07, 6.45) is 0. The molecule has 0 fully saturated rings. The highest BCUT2D eigenvalue weighted by atomic mass is 15.0. The van der Waals surface area contributed by atoms with E-state index in [9.17, 15) is 0 Å². The summed E-state index contributed by atoms with van der Waals surface area (Å²) in [6.45, 7) is 9.43. The van der Waals surface area contributed by atoms with Crippen LogP contribution >= 0.6 is 0 Å². The van der Waals surface area contributed by atoms with Crippen molar-refractivity contribution in [3.63, 3.8) is 0 Å². The van der Waals surface area contributed by atoms with Crippen molar-refractivity contribution in [2.45, 2.75) is 38.5 Å². The molecule has 0 radical (unpaired) electrons. The van der Waals surface area contributed by atoms with Crippen molar-refractivity contribution in [1.29, 1.82) is 0 Å². The Morgan fingerprint density at radius 1 is 0.170 bits per heavy atom. The van der Waals surface area contributed by atoms with Crippen LogP contribution in [0, 0.1) is 0 Å². The van der Waals surface area contributed by atoms with Crippen LogP contribution in [0.5, 0.6) is 0 Å². The van der Waals surface area contributed by atoms with Crippen LogP contribution < -0.4 is 0 Å². The van der Waals surface area contributed by atoms with Crippen LogP contribution in [0.1, 0.15) is 49.9 Å². The number of fused-ring (bicyclic) bond motifs is 18. The summed E-state index contributed by atoms with van der Waals surface area (Å²) in [4.78, 5) is 0. The molecule has 0 atom stereocenters. The summed E-state index contributed by atoms with van der Waals surface area (Å²) in [6, 6.07) is 134. The highest BCUT2D eigenvalue weighted by Crippen LogP contribution is 2.52. The van der Waals surface area contributed by atoms with Crippen LogP contribution in [0.15, 0.2) is 364 Å². The first-order chi connectivity index (χ1) is 52.1. The third kappa shape index (κ3) is 9.33. The Labute approximate surface area is 615 Å². The van der Waals surface area contributed by atoms with Gasteiger partial charge in [-0.3, -0.25) is 0 Å². The molecular formula is C102H72N4. The van der Waals surface area contributed by atoms with Gasteiger partial charge < -0.3 is 18.3 Å². The number of hydrogen-bond donors (Lipinski definition) is 0. The lowest BCUT2D eigenvalue weighted by Crippen LogP contribution is -2.15. The molecule has 4 aromatic heterocycles. The molecule has 4 heteroatoms. The standard InChI is InChI=1S/2C51H36N2/c1-51(2)44-20-10-6-17-38(44)39-27-26-36(32-45(39)51)52-47-22-12-8-18-40(47)42-30-34(24-28-49(42)52)35-25-29-50-43(31-35)41-19-9-13-23-48(41)53(50)46-21-11-7-16-37(46)33-14-4-3-5-15-33;1-51(2)45-17-9-6-14-39(45)40-27-26-38(32-46(40)51)53-48-19-11-8-16-42(48)44-31-36(23-29-50(44)53)35-22-28-49-43(30-35)41-15-7-10-18-47(41)52(49)37-24-20-34(21-25-37)33-12-4-3-5-13-33/h2*3-32H,1-2H3. The number of nitrogens with zero attached hydrogens (tertiary/aromatic N) is 4. The van der Waals surface area contributed by atoms with Gasteiger partial charge in [0.2, 0.25) is 0 Å². The lowest BCUT2D eigenvalue weighted by Gasteiger charge is -2.22. The Bertz CT molecular complexity index is 6990. The maximum atomic E-state index is 2.45. The van der Waals surface area contributed by atoms with Gasteiger partial charge in [-0.1, -0.05) is 276 Å². The Balaban J connectivity index is 0.000000136. The van der Waals surface area contributed by atoms with E-state index in [1.54, 1.807) is 0 Å². The number of benzene rings is 16. The van der Waals surface area contributed by atoms with Crippen LogP contribution in [0.3, 0.4) is 0 Å². The molecule has 0 unspecified atom stereocenters. The number of aromatic nitrogens is 4. The Hall–Kier alpha value is -13.3.